The largest absolute Gasteiger partial charge is 0.497 e. The van der Waals surface area contributed by atoms with Crippen LogP contribution >= 0.6 is 0 Å². The number of benzene rings is 1. The normalized spacial score (nSPS) is 10.8. The van der Waals surface area contributed by atoms with Crippen LogP contribution in [0.5, 0.6) is 5.75 Å². The second-order valence-corrected chi connectivity index (χ2v) is 6.95. The van der Waals surface area contributed by atoms with Crippen LogP contribution in [0.3, 0.4) is 0 Å². The number of nitrogens with zero attached hydrogens (tertiary/aromatic N) is 4. The summed E-state index contributed by atoms with van der Waals surface area (Å²) in [7, 11) is 1.62. The maximum absolute atomic E-state index is 12.3. The van der Waals surface area contributed by atoms with Crippen LogP contribution in [0.25, 0.3) is 22.6 Å². The molecule has 0 aliphatic heterocycles. The lowest BCUT2D eigenvalue weighted by Crippen LogP contribution is -2.12. The van der Waals surface area contributed by atoms with E-state index in [2.05, 4.69) is 30.6 Å². The first-order valence-electron chi connectivity index (χ1n) is 9.86. The summed E-state index contributed by atoms with van der Waals surface area (Å²) in [6.07, 6.45) is 4.84. The molecule has 4 rings (SSSR count). The minimum Gasteiger partial charge on any atom is -0.497 e. The summed E-state index contributed by atoms with van der Waals surface area (Å²) >= 11 is 0. The summed E-state index contributed by atoms with van der Waals surface area (Å²) in [6, 6.07) is 11.2. The number of methoxy groups -OCH3 is 1. The lowest BCUT2D eigenvalue weighted by atomic mass is 10.1. The zero-order valence-corrected chi connectivity index (χ0v) is 17.3. The molecule has 4 aromatic rings. The number of anilines is 1. The van der Waals surface area contributed by atoms with Gasteiger partial charge in [-0.25, -0.2) is 0 Å². The average molecular weight is 418 g/mol. The van der Waals surface area contributed by atoms with Crippen molar-refractivity contribution in [2.24, 2.45) is 0 Å². The number of hydrogen-bond acceptors (Lipinski definition) is 7. The number of amides is 1. The van der Waals surface area contributed by atoms with E-state index in [-0.39, 0.29) is 5.91 Å². The van der Waals surface area contributed by atoms with Crippen LogP contribution in [0, 0.1) is 6.92 Å². The molecular weight excluding hydrogens is 396 g/mol. The SMILES string of the molecule is COc1ccc(-c2noc(CCCC(=O)Nc3n[nH]c(-c4ccncc4)c3C)n2)cc1. The first-order valence-corrected chi connectivity index (χ1v) is 9.86. The third kappa shape index (κ3) is 4.77. The Morgan fingerprint density at radius 2 is 1.90 bits per heavy atom. The van der Waals surface area contributed by atoms with Crippen LogP contribution in [0.4, 0.5) is 5.82 Å². The third-order valence-corrected chi connectivity index (χ3v) is 4.85. The number of pyridine rings is 1. The number of aromatic amines is 1. The molecule has 3 heterocycles. The van der Waals surface area contributed by atoms with Gasteiger partial charge in [0.1, 0.15) is 5.75 Å². The summed E-state index contributed by atoms with van der Waals surface area (Å²) in [5, 5.41) is 14.0. The molecule has 0 saturated heterocycles. The van der Waals surface area contributed by atoms with Crippen molar-refractivity contribution in [2.75, 3.05) is 12.4 Å². The van der Waals surface area contributed by atoms with Gasteiger partial charge in [0.2, 0.25) is 17.6 Å². The second kappa shape index (κ2) is 9.21. The zero-order chi connectivity index (χ0) is 21.6. The lowest BCUT2D eigenvalue weighted by Gasteiger charge is -2.03. The molecule has 0 radical (unpaired) electrons. The van der Waals surface area contributed by atoms with Crippen molar-refractivity contribution in [3.05, 3.63) is 60.2 Å². The van der Waals surface area contributed by atoms with Gasteiger partial charge in [0.25, 0.3) is 0 Å². The van der Waals surface area contributed by atoms with E-state index in [1.54, 1.807) is 19.5 Å². The predicted molar refractivity (Wildman–Crippen MR) is 114 cm³/mol. The summed E-state index contributed by atoms with van der Waals surface area (Å²) in [4.78, 5) is 20.7. The summed E-state index contributed by atoms with van der Waals surface area (Å²) in [5.74, 6) is 2.17. The Labute approximate surface area is 178 Å². The van der Waals surface area contributed by atoms with E-state index < -0.39 is 0 Å². The Bertz CT molecular complexity index is 1150. The summed E-state index contributed by atoms with van der Waals surface area (Å²) in [5.41, 5.74) is 3.53. The fraction of sp³-hybridized carbons (Fsp3) is 0.227. The Hall–Kier alpha value is -4.01. The molecule has 158 valence electrons. The van der Waals surface area contributed by atoms with Crippen molar-refractivity contribution < 1.29 is 14.1 Å². The molecule has 1 amide bonds. The van der Waals surface area contributed by atoms with Crippen molar-refractivity contribution in [2.45, 2.75) is 26.2 Å². The van der Waals surface area contributed by atoms with Gasteiger partial charge in [-0.1, -0.05) is 5.16 Å². The molecular formula is C22H22N6O3. The van der Waals surface area contributed by atoms with Crippen LogP contribution in [-0.4, -0.2) is 38.3 Å². The van der Waals surface area contributed by atoms with Crippen LogP contribution in [0.2, 0.25) is 0 Å². The number of nitrogens with one attached hydrogen (secondary N) is 2. The molecule has 0 aliphatic rings. The highest BCUT2D eigenvalue weighted by molar-refractivity contribution is 5.91. The van der Waals surface area contributed by atoms with Gasteiger partial charge in [-0.15, -0.1) is 0 Å². The van der Waals surface area contributed by atoms with Gasteiger partial charge in [-0.2, -0.15) is 10.1 Å². The van der Waals surface area contributed by atoms with Gasteiger partial charge in [-0.3, -0.25) is 14.9 Å². The molecule has 9 nitrogen and oxygen atoms in total. The summed E-state index contributed by atoms with van der Waals surface area (Å²) in [6.45, 7) is 1.91. The van der Waals surface area contributed by atoms with Crippen molar-refractivity contribution in [3.8, 4) is 28.4 Å². The molecule has 3 aromatic heterocycles. The highest BCUT2D eigenvalue weighted by Crippen LogP contribution is 2.25. The molecule has 9 heteroatoms. The standard InChI is InChI=1S/C22H22N6O3/c1-14-20(15-10-12-23-13-11-15)26-27-21(14)24-18(29)4-3-5-19-25-22(28-31-19)16-6-8-17(30-2)9-7-16/h6-13H,3-5H2,1-2H3,(H2,24,26,27,29). The Morgan fingerprint density at radius 1 is 1.13 bits per heavy atom. The van der Waals surface area contributed by atoms with Crippen LogP contribution in [0.15, 0.2) is 53.3 Å². The molecule has 0 unspecified atom stereocenters. The van der Waals surface area contributed by atoms with Gasteiger partial charge in [0.15, 0.2) is 5.82 Å². The minimum atomic E-state index is -0.120. The fourth-order valence-corrected chi connectivity index (χ4v) is 3.13. The molecule has 31 heavy (non-hydrogen) atoms. The first kappa shape index (κ1) is 20.3. The molecule has 0 atom stereocenters. The van der Waals surface area contributed by atoms with Gasteiger partial charge in [-0.05, 0) is 49.7 Å². The second-order valence-electron chi connectivity index (χ2n) is 6.95. The number of aromatic nitrogens is 5. The van der Waals surface area contributed by atoms with Crippen molar-refractivity contribution in [3.63, 3.8) is 0 Å². The minimum absolute atomic E-state index is 0.120. The fourth-order valence-electron chi connectivity index (χ4n) is 3.13. The molecule has 1 aromatic carbocycles. The van der Waals surface area contributed by atoms with Gasteiger partial charge >= 0.3 is 0 Å². The molecule has 0 bridgehead atoms. The monoisotopic (exact) mass is 418 g/mol. The van der Waals surface area contributed by atoms with Crippen molar-refractivity contribution >= 4 is 11.7 Å². The Balaban J connectivity index is 1.29. The van der Waals surface area contributed by atoms with Crippen molar-refractivity contribution in [1.29, 1.82) is 0 Å². The smallest absolute Gasteiger partial charge is 0.226 e. The topological polar surface area (TPSA) is 119 Å². The van der Waals surface area contributed by atoms with Gasteiger partial charge < -0.3 is 14.6 Å². The maximum atomic E-state index is 12.3. The van der Waals surface area contributed by atoms with E-state index in [4.69, 9.17) is 9.26 Å². The Morgan fingerprint density at radius 3 is 2.65 bits per heavy atom. The highest BCUT2D eigenvalue weighted by Gasteiger charge is 2.14. The first-order chi connectivity index (χ1) is 15.1. The van der Waals surface area contributed by atoms with E-state index in [1.165, 1.54) is 0 Å². The number of rotatable bonds is 8. The number of carbonyl (C=O) groups excluding carboxylic acids is 1. The molecule has 0 aliphatic carbocycles. The molecule has 0 spiro atoms. The number of hydrogen-bond donors (Lipinski definition) is 2. The maximum Gasteiger partial charge on any atom is 0.226 e. The quantitative estimate of drug-likeness (QED) is 0.447. The van der Waals surface area contributed by atoms with E-state index in [1.807, 2.05) is 43.3 Å². The number of aryl methyl sites for hydroxylation is 1. The molecule has 2 N–H and O–H groups in total. The van der Waals surface area contributed by atoms with E-state index >= 15 is 0 Å². The number of ether oxygens (including phenoxy) is 1. The highest BCUT2D eigenvalue weighted by atomic mass is 16.5. The zero-order valence-electron chi connectivity index (χ0n) is 17.3. The Kier molecular flexibility index (Phi) is 6.02. The van der Waals surface area contributed by atoms with E-state index in [9.17, 15) is 4.79 Å². The third-order valence-electron chi connectivity index (χ3n) is 4.85. The van der Waals surface area contributed by atoms with Crippen LogP contribution in [-0.2, 0) is 11.2 Å². The van der Waals surface area contributed by atoms with Gasteiger partial charge in [0.05, 0.1) is 12.8 Å². The van der Waals surface area contributed by atoms with Crippen molar-refractivity contribution in [1.82, 2.24) is 25.3 Å². The van der Waals surface area contributed by atoms with E-state index in [0.29, 0.717) is 36.8 Å². The number of H-pyrrole nitrogens is 1. The van der Waals surface area contributed by atoms with Crippen LogP contribution < -0.4 is 10.1 Å². The molecule has 0 fully saturated rings. The lowest BCUT2D eigenvalue weighted by molar-refractivity contribution is -0.116. The molecule has 0 saturated carbocycles. The summed E-state index contributed by atoms with van der Waals surface area (Å²) < 4.78 is 10.4. The average Bonchev–Trinajstić information content (AvgIpc) is 3.42. The van der Waals surface area contributed by atoms with E-state index in [0.717, 1.165) is 28.1 Å². The van der Waals surface area contributed by atoms with Gasteiger partial charge in [0, 0.05) is 41.9 Å². The predicted octanol–water partition coefficient (Wildman–Crippen LogP) is 3.80. The number of carbonyl (C=O) groups is 1. The van der Waals surface area contributed by atoms with Crippen LogP contribution in [0.1, 0.15) is 24.3 Å².